The topological polar surface area (TPSA) is 50.7 Å². The van der Waals surface area contributed by atoms with Crippen molar-refractivity contribution in [3.8, 4) is 11.5 Å². The van der Waals surface area contributed by atoms with E-state index in [4.69, 9.17) is 14.6 Å². The van der Waals surface area contributed by atoms with Crippen LogP contribution in [0.15, 0.2) is 24.3 Å². The number of para-hydroxylation sites is 2. The number of benzene rings is 1. The van der Waals surface area contributed by atoms with Crippen molar-refractivity contribution >= 4 is 0 Å². The minimum atomic E-state index is -0.0490. The lowest BCUT2D eigenvalue weighted by molar-refractivity contribution is 0.0562. The van der Waals surface area contributed by atoms with Gasteiger partial charge in [-0.3, -0.25) is 0 Å². The number of aliphatic hydroxyl groups excluding tert-OH is 1. The van der Waals surface area contributed by atoms with Crippen LogP contribution in [0.1, 0.15) is 6.42 Å². The first-order chi connectivity index (χ1) is 7.85. The Balaban J connectivity index is 2.06. The fraction of sp³-hybridized carbons (Fsp3) is 0.500. The third-order valence-corrected chi connectivity index (χ3v) is 2.79. The molecule has 2 N–H and O–H groups in total. The molecule has 4 heteroatoms. The molecule has 0 saturated heterocycles. The summed E-state index contributed by atoms with van der Waals surface area (Å²) in [7, 11) is 1.87. The zero-order valence-electron chi connectivity index (χ0n) is 9.35. The molecule has 1 aromatic carbocycles. The average Bonchev–Trinajstić information content (AvgIpc) is 2.35. The first kappa shape index (κ1) is 11.2. The van der Waals surface area contributed by atoms with Crippen LogP contribution in [0.2, 0.25) is 0 Å². The number of rotatable bonds is 4. The van der Waals surface area contributed by atoms with Crippen molar-refractivity contribution in [3.05, 3.63) is 24.3 Å². The van der Waals surface area contributed by atoms with Crippen LogP contribution in [-0.4, -0.2) is 37.5 Å². The van der Waals surface area contributed by atoms with Gasteiger partial charge in [0, 0.05) is 12.6 Å². The summed E-state index contributed by atoms with van der Waals surface area (Å²) in [6.07, 6.45) is 0.610. The Morgan fingerprint density at radius 3 is 2.88 bits per heavy atom. The van der Waals surface area contributed by atoms with Gasteiger partial charge in [0.1, 0.15) is 12.7 Å². The molecule has 1 aliphatic rings. The van der Waals surface area contributed by atoms with Gasteiger partial charge in [0.2, 0.25) is 0 Å². The van der Waals surface area contributed by atoms with Gasteiger partial charge in [-0.25, -0.2) is 0 Å². The van der Waals surface area contributed by atoms with Gasteiger partial charge in [-0.1, -0.05) is 12.1 Å². The Morgan fingerprint density at radius 2 is 2.19 bits per heavy atom. The van der Waals surface area contributed by atoms with Crippen LogP contribution >= 0.6 is 0 Å². The van der Waals surface area contributed by atoms with E-state index in [1.165, 1.54) is 0 Å². The lowest BCUT2D eigenvalue weighted by Gasteiger charge is -2.31. The van der Waals surface area contributed by atoms with Crippen molar-refractivity contribution in [2.45, 2.75) is 18.6 Å². The van der Waals surface area contributed by atoms with Crippen molar-refractivity contribution < 1.29 is 14.6 Å². The summed E-state index contributed by atoms with van der Waals surface area (Å²) >= 11 is 0. The second-order valence-electron chi connectivity index (χ2n) is 3.82. The van der Waals surface area contributed by atoms with Crippen LogP contribution in [0.25, 0.3) is 0 Å². The van der Waals surface area contributed by atoms with E-state index in [-0.39, 0.29) is 18.8 Å². The molecule has 0 aromatic heterocycles. The lowest BCUT2D eigenvalue weighted by Crippen LogP contribution is -2.46. The predicted octanol–water partition coefficient (Wildman–Crippen LogP) is 0.797. The standard InChI is InChI=1S/C12H17NO3/c1-13-9(6-7-14)12-8-15-10-4-2-3-5-11(10)16-12/h2-5,9,12-14H,6-8H2,1H3/t9-,12+/m0/s1. The molecule has 16 heavy (non-hydrogen) atoms. The molecule has 88 valence electrons. The maximum absolute atomic E-state index is 8.96. The zero-order valence-corrected chi connectivity index (χ0v) is 9.35. The van der Waals surface area contributed by atoms with E-state index in [9.17, 15) is 0 Å². The van der Waals surface area contributed by atoms with Crippen molar-refractivity contribution in [2.24, 2.45) is 0 Å². The summed E-state index contributed by atoms with van der Waals surface area (Å²) in [5, 5.41) is 12.1. The molecular weight excluding hydrogens is 206 g/mol. The van der Waals surface area contributed by atoms with E-state index in [2.05, 4.69) is 5.32 Å². The molecule has 1 aromatic rings. The molecular formula is C12H17NO3. The van der Waals surface area contributed by atoms with Crippen LogP contribution in [0.4, 0.5) is 0 Å². The van der Waals surface area contributed by atoms with Crippen molar-refractivity contribution in [1.82, 2.24) is 5.32 Å². The second kappa shape index (κ2) is 5.18. The second-order valence-corrected chi connectivity index (χ2v) is 3.82. The fourth-order valence-corrected chi connectivity index (χ4v) is 1.89. The van der Waals surface area contributed by atoms with Crippen LogP contribution in [0.5, 0.6) is 11.5 Å². The van der Waals surface area contributed by atoms with Gasteiger partial charge in [-0.15, -0.1) is 0 Å². The molecule has 0 bridgehead atoms. The molecule has 0 fully saturated rings. The van der Waals surface area contributed by atoms with E-state index in [1.807, 2.05) is 31.3 Å². The third-order valence-electron chi connectivity index (χ3n) is 2.79. The molecule has 2 rings (SSSR count). The highest BCUT2D eigenvalue weighted by molar-refractivity contribution is 5.40. The van der Waals surface area contributed by atoms with Gasteiger partial charge >= 0.3 is 0 Å². The van der Waals surface area contributed by atoms with E-state index >= 15 is 0 Å². The summed E-state index contributed by atoms with van der Waals surface area (Å²) in [6.45, 7) is 0.662. The number of hydrogen-bond acceptors (Lipinski definition) is 4. The Hall–Kier alpha value is -1.26. The van der Waals surface area contributed by atoms with Gasteiger partial charge in [0.25, 0.3) is 0 Å². The maximum Gasteiger partial charge on any atom is 0.161 e. The average molecular weight is 223 g/mol. The Morgan fingerprint density at radius 1 is 1.44 bits per heavy atom. The molecule has 0 aliphatic carbocycles. The molecule has 0 unspecified atom stereocenters. The summed E-state index contributed by atoms with van der Waals surface area (Å²) in [4.78, 5) is 0. The Kier molecular flexibility index (Phi) is 3.64. The van der Waals surface area contributed by atoms with E-state index in [0.29, 0.717) is 13.0 Å². The van der Waals surface area contributed by atoms with Gasteiger partial charge in [-0.2, -0.15) is 0 Å². The summed E-state index contributed by atoms with van der Waals surface area (Å²) in [5.41, 5.74) is 0. The summed E-state index contributed by atoms with van der Waals surface area (Å²) in [5.74, 6) is 1.56. The molecule has 1 heterocycles. The predicted molar refractivity (Wildman–Crippen MR) is 60.9 cm³/mol. The largest absolute Gasteiger partial charge is 0.486 e. The van der Waals surface area contributed by atoms with E-state index in [0.717, 1.165) is 11.5 Å². The lowest BCUT2D eigenvalue weighted by atomic mass is 10.1. The zero-order chi connectivity index (χ0) is 11.4. The molecule has 0 amide bonds. The van der Waals surface area contributed by atoms with E-state index in [1.54, 1.807) is 0 Å². The molecule has 4 nitrogen and oxygen atoms in total. The number of nitrogens with one attached hydrogen (secondary N) is 1. The van der Waals surface area contributed by atoms with Gasteiger partial charge < -0.3 is 19.9 Å². The normalized spacial score (nSPS) is 20.5. The SMILES string of the molecule is CN[C@@H](CCO)[C@H]1COc2ccccc2O1. The Labute approximate surface area is 95.2 Å². The van der Waals surface area contributed by atoms with Crippen molar-refractivity contribution in [3.63, 3.8) is 0 Å². The van der Waals surface area contributed by atoms with Crippen molar-refractivity contribution in [1.29, 1.82) is 0 Å². The number of aliphatic hydroxyl groups is 1. The molecule has 0 radical (unpaired) electrons. The number of hydrogen-bond donors (Lipinski definition) is 2. The van der Waals surface area contributed by atoms with Gasteiger partial charge in [0.15, 0.2) is 11.5 Å². The minimum Gasteiger partial charge on any atom is -0.486 e. The monoisotopic (exact) mass is 223 g/mol. The molecule has 1 aliphatic heterocycles. The first-order valence-corrected chi connectivity index (χ1v) is 5.51. The fourth-order valence-electron chi connectivity index (χ4n) is 1.89. The number of ether oxygens (including phenoxy) is 2. The Bertz CT molecular complexity index is 343. The van der Waals surface area contributed by atoms with Crippen LogP contribution in [-0.2, 0) is 0 Å². The number of fused-ring (bicyclic) bond motifs is 1. The summed E-state index contributed by atoms with van der Waals surface area (Å²) < 4.78 is 11.5. The number of likely N-dealkylation sites (N-methyl/N-ethyl adjacent to an activating group) is 1. The minimum absolute atomic E-state index is 0.0490. The highest BCUT2D eigenvalue weighted by atomic mass is 16.6. The molecule has 0 saturated carbocycles. The highest BCUT2D eigenvalue weighted by Crippen LogP contribution is 2.31. The highest BCUT2D eigenvalue weighted by Gasteiger charge is 2.27. The van der Waals surface area contributed by atoms with Crippen LogP contribution in [0, 0.1) is 0 Å². The quantitative estimate of drug-likeness (QED) is 0.792. The summed E-state index contributed by atoms with van der Waals surface area (Å²) in [6, 6.07) is 7.74. The first-order valence-electron chi connectivity index (χ1n) is 5.51. The van der Waals surface area contributed by atoms with Crippen molar-refractivity contribution in [2.75, 3.05) is 20.3 Å². The van der Waals surface area contributed by atoms with Gasteiger partial charge in [-0.05, 0) is 25.6 Å². The van der Waals surface area contributed by atoms with Gasteiger partial charge in [0.05, 0.1) is 0 Å². The maximum atomic E-state index is 8.96. The van der Waals surface area contributed by atoms with Crippen LogP contribution < -0.4 is 14.8 Å². The third kappa shape index (κ3) is 2.28. The van der Waals surface area contributed by atoms with E-state index < -0.39 is 0 Å². The molecule has 2 atom stereocenters. The van der Waals surface area contributed by atoms with Crippen LogP contribution in [0.3, 0.4) is 0 Å². The smallest absolute Gasteiger partial charge is 0.161 e. The molecule has 0 spiro atoms.